The van der Waals surface area contributed by atoms with Crippen LogP contribution in [0.25, 0.3) is 0 Å². The maximum atomic E-state index is 2.36. The van der Waals surface area contributed by atoms with Crippen molar-refractivity contribution in [3.05, 3.63) is 0 Å². The van der Waals surface area contributed by atoms with Gasteiger partial charge in [-0.1, -0.05) is 73.1 Å². The van der Waals surface area contributed by atoms with Crippen molar-refractivity contribution in [1.29, 1.82) is 0 Å². The van der Waals surface area contributed by atoms with Gasteiger partial charge in [-0.05, 0) is 17.8 Å². The van der Waals surface area contributed by atoms with Crippen molar-refractivity contribution < 1.29 is 0 Å². The lowest BCUT2D eigenvalue weighted by Gasteiger charge is -2.05. The van der Waals surface area contributed by atoms with E-state index in [-0.39, 0.29) is 0 Å². The molecule has 86 valence electrons. The number of hydrogen-bond acceptors (Lipinski definition) is 0. The Bertz CT molecular complexity index is 109. The highest BCUT2D eigenvalue weighted by atomic mass is 14.2. The van der Waals surface area contributed by atoms with Crippen LogP contribution in [-0.2, 0) is 0 Å². The summed E-state index contributed by atoms with van der Waals surface area (Å²) < 4.78 is 0. The first-order chi connectivity index (χ1) is 6.61. The molecule has 0 N–H and O–H groups in total. The molecular formula is C14H30. The molecule has 0 aromatic carbocycles. The molecule has 3 atom stereocenters. The number of hydrogen-bond donors (Lipinski definition) is 0. The first-order valence-corrected chi connectivity index (χ1v) is 6.61. The maximum absolute atomic E-state index is 2.36. The van der Waals surface area contributed by atoms with Gasteiger partial charge in [-0.3, -0.25) is 0 Å². The molecule has 0 aromatic rings. The third kappa shape index (κ3) is 6.45. The molecule has 0 aromatic heterocycles. The number of rotatable bonds is 3. The SMILES string of the molecule is CC1CCCC1C.CCCC(C)CC. The largest absolute Gasteiger partial charge is 0.0654 e. The molecule has 1 fully saturated rings. The van der Waals surface area contributed by atoms with Gasteiger partial charge in [-0.2, -0.15) is 0 Å². The summed E-state index contributed by atoms with van der Waals surface area (Å²) in [6.07, 6.45) is 8.50. The Kier molecular flexibility index (Phi) is 8.32. The van der Waals surface area contributed by atoms with Crippen LogP contribution in [0.2, 0.25) is 0 Å². The summed E-state index contributed by atoms with van der Waals surface area (Å²) in [5, 5.41) is 0. The highest BCUT2D eigenvalue weighted by Crippen LogP contribution is 2.29. The van der Waals surface area contributed by atoms with Gasteiger partial charge in [0.2, 0.25) is 0 Å². The molecule has 1 rings (SSSR count). The monoisotopic (exact) mass is 198 g/mol. The van der Waals surface area contributed by atoms with Gasteiger partial charge >= 0.3 is 0 Å². The topological polar surface area (TPSA) is 0 Å². The van der Waals surface area contributed by atoms with Gasteiger partial charge < -0.3 is 0 Å². The second kappa shape index (κ2) is 8.32. The second-order valence-electron chi connectivity index (χ2n) is 5.19. The summed E-state index contributed by atoms with van der Waals surface area (Å²) in [6, 6.07) is 0. The Labute approximate surface area is 91.5 Å². The molecule has 0 nitrogen and oxygen atoms in total. The van der Waals surface area contributed by atoms with Crippen LogP contribution in [0, 0.1) is 17.8 Å². The van der Waals surface area contributed by atoms with E-state index in [0.29, 0.717) is 0 Å². The highest BCUT2D eigenvalue weighted by molar-refractivity contribution is 4.69. The van der Waals surface area contributed by atoms with Crippen LogP contribution >= 0.6 is 0 Å². The average molecular weight is 198 g/mol. The fourth-order valence-electron chi connectivity index (χ4n) is 2.03. The fraction of sp³-hybridized carbons (Fsp3) is 1.00. The Morgan fingerprint density at radius 3 is 1.71 bits per heavy atom. The zero-order chi connectivity index (χ0) is 11.0. The van der Waals surface area contributed by atoms with Gasteiger partial charge in [0.1, 0.15) is 0 Å². The summed E-state index contributed by atoms with van der Waals surface area (Å²) in [6.45, 7) is 11.5. The van der Waals surface area contributed by atoms with Crippen molar-refractivity contribution in [2.75, 3.05) is 0 Å². The van der Waals surface area contributed by atoms with Crippen LogP contribution < -0.4 is 0 Å². The molecule has 1 aliphatic carbocycles. The standard InChI is InChI=1S/C7H14.C7H16/c1-6-4-3-5-7(6)2;1-4-6-7(3)5-2/h6-7H,3-5H2,1-2H3;7H,4-6H2,1-3H3. The summed E-state index contributed by atoms with van der Waals surface area (Å²) in [5.41, 5.74) is 0. The second-order valence-corrected chi connectivity index (χ2v) is 5.19. The van der Waals surface area contributed by atoms with Crippen molar-refractivity contribution in [1.82, 2.24) is 0 Å². The van der Waals surface area contributed by atoms with Crippen LogP contribution in [-0.4, -0.2) is 0 Å². The minimum Gasteiger partial charge on any atom is -0.0654 e. The molecule has 3 unspecified atom stereocenters. The van der Waals surface area contributed by atoms with Crippen molar-refractivity contribution in [2.45, 2.75) is 73.1 Å². The van der Waals surface area contributed by atoms with E-state index in [1.54, 1.807) is 0 Å². The molecule has 14 heavy (non-hydrogen) atoms. The van der Waals surface area contributed by atoms with Crippen LogP contribution in [0.15, 0.2) is 0 Å². The molecule has 1 saturated carbocycles. The maximum Gasteiger partial charge on any atom is -0.0417 e. The first kappa shape index (κ1) is 14.0. The lowest BCUT2D eigenvalue weighted by Crippen LogP contribution is -1.95. The lowest BCUT2D eigenvalue weighted by atomic mass is 10.0. The molecule has 0 heterocycles. The fourth-order valence-corrected chi connectivity index (χ4v) is 2.03. The molecule has 0 amide bonds. The molecule has 0 aliphatic heterocycles. The third-order valence-electron chi connectivity index (χ3n) is 3.77. The van der Waals surface area contributed by atoms with Crippen molar-refractivity contribution in [2.24, 2.45) is 17.8 Å². The summed E-state index contributed by atoms with van der Waals surface area (Å²) >= 11 is 0. The smallest absolute Gasteiger partial charge is 0.0417 e. The van der Waals surface area contributed by atoms with Crippen LogP contribution in [0.1, 0.15) is 73.1 Å². The summed E-state index contributed by atoms with van der Waals surface area (Å²) in [5.74, 6) is 2.98. The summed E-state index contributed by atoms with van der Waals surface area (Å²) in [7, 11) is 0. The normalized spacial score (nSPS) is 28.1. The first-order valence-electron chi connectivity index (χ1n) is 6.61. The van der Waals surface area contributed by atoms with Crippen LogP contribution in [0.5, 0.6) is 0 Å². The third-order valence-corrected chi connectivity index (χ3v) is 3.77. The zero-order valence-electron chi connectivity index (χ0n) is 11.0. The van der Waals surface area contributed by atoms with Gasteiger partial charge in [0, 0.05) is 0 Å². The quantitative estimate of drug-likeness (QED) is 0.579. The molecule has 0 saturated heterocycles. The van der Waals surface area contributed by atoms with Crippen LogP contribution in [0.4, 0.5) is 0 Å². The van der Waals surface area contributed by atoms with Gasteiger partial charge in [-0.15, -0.1) is 0 Å². The lowest BCUT2D eigenvalue weighted by molar-refractivity contribution is 0.457. The molecular weight excluding hydrogens is 168 g/mol. The van der Waals surface area contributed by atoms with E-state index in [4.69, 9.17) is 0 Å². The van der Waals surface area contributed by atoms with E-state index < -0.39 is 0 Å². The van der Waals surface area contributed by atoms with Gasteiger partial charge in [0.05, 0.1) is 0 Å². The van der Waals surface area contributed by atoms with Crippen LogP contribution in [0.3, 0.4) is 0 Å². The zero-order valence-corrected chi connectivity index (χ0v) is 11.0. The average Bonchev–Trinajstić information content (AvgIpc) is 2.52. The van der Waals surface area contributed by atoms with Gasteiger partial charge in [-0.25, -0.2) is 0 Å². The highest BCUT2D eigenvalue weighted by Gasteiger charge is 2.17. The molecule has 0 bridgehead atoms. The van der Waals surface area contributed by atoms with E-state index in [2.05, 4.69) is 34.6 Å². The molecule has 0 heteroatoms. The molecule has 0 spiro atoms. The van der Waals surface area contributed by atoms with E-state index >= 15 is 0 Å². The summed E-state index contributed by atoms with van der Waals surface area (Å²) in [4.78, 5) is 0. The molecule has 1 aliphatic rings. The van der Waals surface area contributed by atoms with Crippen molar-refractivity contribution >= 4 is 0 Å². The predicted octanol–water partition coefficient (Wildman–Crippen LogP) is 5.28. The van der Waals surface area contributed by atoms with E-state index in [0.717, 1.165) is 17.8 Å². The van der Waals surface area contributed by atoms with Crippen molar-refractivity contribution in [3.63, 3.8) is 0 Å². The minimum absolute atomic E-state index is 0.949. The Balaban J connectivity index is 0.000000241. The predicted molar refractivity (Wildman–Crippen MR) is 66.5 cm³/mol. The Morgan fingerprint density at radius 2 is 1.57 bits per heavy atom. The van der Waals surface area contributed by atoms with Crippen molar-refractivity contribution in [3.8, 4) is 0 Å². The van der Waals surface area contributed by atoms with Gasteiger partial charge in [0.25, 0.3) is 0 Å². The van der Waals surface area contributed by atoms with E-state index in [1.807, 2.05) is 0 Å². The molecule has 0 radical (unpaired) electrons. The van der Waals surface area contributed by atoms with Gasteiger partial charge in [0.15, 0.2) is 0 Å². The minimum atomic E-state index is 0.949. The van der Waals surface area contributed by atoms with E-state index in [1.165, 1.54) is 38.5 Å². The van der Waals surface area contributed by atoms with E-state index in [9.17, 15) is 0 Å². The Hall–Kier alpha value is 0. The Morgan fingerprint density at radius 1 is 1.07 bits per heavy atom.